The molecule has 0 radical (unpaired) electrons. The predicted molar refractivity (Wildman–Crippen MR) is 41.8 cm³/mol. The molecule has 0 aromatic carbocycles. The minimum Gasteiger partial charge on any atom is -0.127 e. The van der Waals surface area contributed by atoms with Crippen molar-refractivity contribution in [1.29, 1.82) is 0 Å². The molecule has 38 valence electrons. The summed E-state index contributed by atoms with van der Waals surface area (Å²) in [5.41, 5.74) is 0. The normalized spacial score (nSPS) is 20.3. The van der Waals surface area contributed by atoms with Crippen molar-refractivity contribution in [3.8, 4) is 0 Å². The van der Waals surface area contributed by atoms with Crippen molar-refractivity contribution >= 4 is 39.9 Å². The highest BCUT2D eigenvalue weighted by Gasteiger charge is 1.96. The Morgan fingerprint density at radius 3 is 2.71 bits per heavy atom. The number of rotatable bonds is 0. The standard InChI is InChI=1S/C4H4S3/c5-4-3-6-1-2-7-4/h1-2H,3H2. The fraction of sp³-hybridized carbons (Fsp3) is 0.250. The van der Waals surface area contributed by atoms with Crippen LogP contribution in [0.2, 0.25) is 0 Å². The monoisotopic (exact) mass is 148 g/mol. The molecule has 0 amide bonds. The Balaban J connectivity index is 2.47. The van der Waals surface area contributed by atoms with Gasteiger partial charge in [-0.2, -0.15) is 0 Å². The summed E-state index contributed by atoms with van der Waals surface area (Å²) in [6.45, 7) is 0. The van der Waals surface area contributed by atoms with E-state index in [0.29, 0.717) is 0 Å². The highest BCUT2D eigenvalue weighted by atomic mass is 32.2. The Hall–Kier alpha value is 0.530. The van der Waals surface area contributed by atoms with Crippen LogP contribution in [0, 0.1) is 0 Å². The van der Waals surface area contributed by atoms with E-state index in [-0.39, 0.29) is 0 Å². The first-order chi connectivity index (χ1) is 3.39. The van der Waals surface area contributed by atoms with E-state index < -0.39 is 0 Å². The maximum Gasteiger partial charge on any atom is 0.0623 e. The van der Waals surface area contributed by atoms with Crippen molar-refractivity contribution in [2.24, 2.45) is 0 Å². The van der Waals surface area contributed by atoms with E-state index in [9.17, 15) is 0 Å². The third-order valence-corrected chi connectivity index (χ3v) is 2.99. The lowest BCUT2D eigenvalue weighted by molar-refractivity contribution is 2.12. The van der Waals surface area contributed by atoms with E-state index >= 15 is 0 Å². The molecule has 1 aliphatic rings. The van der Waals surface area contributed by atoms with Crippen molar-refractivity contribution < 1.29 is 0 Å². The molecule has 0 bridgehead atoms. The zero-order valence-corrected chi connectivity index (χ0v) is 6.04. The van der Waals surface area contributed by atoms with E-state index in [1.165, 1.54) is 0 Å². The Bertz CT molecular complexity index is 106. The highest BCUT2D eigenvalue weighted by molar-refractivity contribution is 8.28. The lowest BCUT2D eigenvalue weighted by Gasteiger charge is -1.99. The summed E-state index contributed by atoms with van der Waals surface area (Å²) >= 11 is 8.31. The van der Waals surface area contributed by atoms with Crippen LogP contribution in [0.25, 0.3) is 0 Å². The van der Waals surface area contributed by atoms with E-state index in [1.54, 1.807) is 23.5 Å². The predicted octanol–water partition coefficient (Wildman–Crippen LogP) is 2.27. The molecule has 1 heterocycles. The average molecular weight is 148 g/mol. The first-order valence-electron chi connectivity index (χ1n) is 1.86. The Kier molecular flexibility index (Phi) is 2.22. The molecule has 0 N–H and O–H groups in total. The summed E-state index contributed by atoms with van der Waals surface area (Å²) in [5.74, 6) is 1.01. The molecule has 0 aliphatic carbocycles. The minimum atomic E-state index is 1.01. The van der Waals surface area contributed by atoms with Crippen molar-refractivity contribution in [1.82, 2.24) is 0 Å². The van der Waals surface area contributed by atoms with Crippen LogP contribution in [0.3, 0.4) is 0 Å². The molecule has 0 aromatic heterocycles. The number of thioether (sulfide) groups is 2. The molecular formula is C4H4S3. The van der Waals surface area contributed by atoms with Crippen LogP contribution < -0.4 is 0 Å². The van der Waals surface area contributed by atoms with E-state index in [0.717, 1.165) is 9.95 Å². The van der Waals surface area contributed by atoms with Crippen LogP contribution in [-0.2, 0) is 0 Å². The minimum absolute atomic E-state index is 1.01. The molecule has 7 heavy (non-hydrogen) atoms. The first-order valence-corrected chi connectivity index (χ1v) is 4.19. The van der Waals surface area contributed by atoms with Gasteiger partial charge in [-0.15, -0.1) is 11.8 Å². The second kappa shape index (κ2) is 2.74. The third-order valence-electron chi connectivity index (χ3n) is 0.552. The molecule has 1 aliphatic heterocycles. The van der Waals surface area contributed by atoms with Crippen LogP contribution in [0.15, 0.2) is 10.8 Å². The molecule has 0 aromatic rings. The summed E-state index contributed by atoms with van der Waals surface area (Å²) in [4.78, 5) is 0. The maximum absolute atomic E-state index is 4.90. The maximum atomic E-state index is 4.90. The van der Waals surface area contributed by atoms with Gasteiger partial charge < -0.3 is 0 Å². The van der Waals surface area contributed by atoms with Gasteiger partial charge in [0.05, 0.1) is 4.20 Å². The molecule has 0 nitrogen and oxygen atoms in total. The smallest absolute Gasteiger partial charge is 0.0623 e. The van der Waals surface area contributed by atoms with Gasteiger partial charge in [0.25, 0.3) is 0 Å². The fourth-order valence-electron chi connectivity index (χ4n) is 0.293. The van der Waals surface area contributed by atoms with Gasteiger partial charge in [0.1, 0.15) is 0 Å². The molecule has 0 saturated heterocycles. The molecular weight excluding hydrogens is 144 g/mol. The zero-order valence-electron chi connectivity index (χ0n) is 3.59. The van der Waals surface area contributed by atoms with Gasteiger partial charge in [-0.25, -0.2) is 0 Å². The summed E-state index contributed by atoms with van der Waals surface area (Å²) in [5, 5.41) is 4.09. The second-order valence-corrected chi connectivity index (χ2v) is 3.72. The van der Waals surface area contributed by atoms with Crippen molar-refractivity contribution in [3.63, 3.8) is 0 Å². The van der Waals surface area contributed by atoms with Gasteiger partial charge in [-0.05, 0) is 10.8 Å². The van der Waals surface area contributed by atoms with Gasteiger partial charge >= 0.3 is 0 Å². The number of thiocarbonyl (C=S) groups is 1. The highest BCUT2D eigenvalue weighted by Crippen LogP contribution is 2.20. The third kappa shape index (κ3) is 1.84. The zero-order chi connectivity index (χ0) is 5.11. The van der Waals surface area contributed by atoms with Gasteiger partial charge in [-0.1, -0.05) is 24.0 Å². The van der Waals surface area contributed by atoms with Crippen molar-refractivity contribution in [2.75, 3.05) is 5.75 Å². The molecule has 0 spiro atoms. The summed E-state index contributed by atoms with van der Waals surface area (Å²) < 4.78 is 1.09. The largest absolute Gasteiger partial charge is 0.127 e. The molecule has 0 fully saturated rings. The lowest BCUT2D eigenvalue weighted by atomic mass is 10.9. The van der Waals surface area contributed by atoms with Crippen molar-refractivity contribution in [2.45, 2.75) is 0 Å². The summed E-state index contributed by atoms with van der Waals surface area (Å²) in [6, 6.07) is 0. The molecule has 0 saturated carbocycles. The Morgan fingerprint density at radius 1 is 1.57 bits per heavy atom. The van der Waals surface area contributed by atoms with Crippen LogP contribution in [0.5, 0.6) is 0 Å². The second-order valence-electron chi connectivity index (χ2n) is 1.07. The Morgan fingerprint density at radius 2 is 2.43 bits per heavy atom. The van der Waals surface area contributed by atoms with Gasteiger partial charge in [0, 0.05) is 5.75 Å². The van der Waals surface area contributed by atoms with Gasteiger partial charge in [0.15, 0.2) is 0 Å². The van der Waals surface area contributed by atoms with E-state index in [2.05, 4.69) is 5.41 Å². The van der Waals surface area contributed by atoms with Gasteiger partial charge in [-0.3, -0.25) is 0 Å². The molecule has 1 rings (SSSR count). The lowest BCUT2D eigenvalue weighted by Crippen LogP contribution is -1.90. The quantitative estimate of drug-likeness (QED) is 0.484. The van der Waals surface area contributed by atoms with E-state index in [4.69, 9.17) is 12.2 Å². The van der Waals surface area contributed by atoms with Crippen LogP contribution >= 0.6 is 35.7 Å². The first kappa shape index (κ1) is 5.66. The fourth-order valence-corrected chi connectivity index (χ4v) is 2.06. The van der Waals surface area contributed by atoms with Crippen molar-refractivity contribution in [3.05, 3.63) is 10.8 Å². The molecule has 0 atom stereocenters. The van der Waals surface area contributed by atoms with E-state index in [1.807, 2.05) is 5.41 Å². The topological polar surface area (TPSA) is 0 Å². The van der Waals surface area contributed by atoms with Crippen LogP contribution in [-0.4, -0.2) is 9.95 Å². The SMILES string of the molecule is S=C1CSC=CS1. The Labute approximate surface area is 56.7 Å². The van der Waals surface area contributed by atoms with Gasteiger partial charge in [0.2, 0.25) is 0 Å². The summed E-state index contributed by atoms with van der Waals surface area (Å²) in [6.07, 6.45) is 0. The van der Waals surface area contributed by atoms with Crippen LogP contribution in [0.1, 0.15) is 0 Å². The average Bonchev–Trinajstić information content (AvgIpc) is 1.69. The summed E-state index contributed by atoms with van der Waals surface area (Å²) in [7, 11) is 0. The molecule has 0 unspecified atom stereocenters. The van der Waals surface area contributed by atoms with Crippen LogP contribution in [0.4, 0.5) is 0 Å². The molecule has 3 heteroatoms. The number of hydrogen-bond donors (Lipinski definition) is 0. The number of hydrogen-bond acceptors (Lipinski definition) is 3.